The molecule has 0 aliphatic rings. The van der Waals surface area contributed by atoms with E-state index in [0.717, 1.165) is 10.2 Å². The molecule has 0 saturated heterocycles. The quantitative estimate of drug-likeness (QED) is 0.711. The number of rotatable bonds is 2. The van der Waals surface area contributed by atoms with Crippen LogP contribution in [0.5, 0.6) is 11.6 Å². The summed E-state index contributed by atoms with van der Waals surface area (Å²) in [7, 11) is 0. The summed E-state index contributed by atoms with van der Waals surface area (Å²) in [4.78, 5) is 15.1. The van der Waals surface area contributed by atoms with Crippen molar-refractivity contribution < 1.29 is 4.74 Å². The largest absolute Gasteiger partial charge is 0.437 e. The van der Waals surface area contributed by atoms with E-state index in [1.54, 1.807) is 23.7 Å². The molecule has 19 heavy (non-hydrogen) atoms. The van der Waals surface area contributed by atoms with Gasteiger partial charge in [0, 0.05) is 11.1 Å². The average Bonchev–Trinajstić information content (AvgIpc) is 2.66. The highest BCUT2D eigenvalue weighted by molar-refractivity contribution is 7.18. The molecule has 3 heterocycles. The van der Waals surface area contributed by atoms with Crippen molar-refractivity contribution in [2.45, 2.75) is 20.8 Å². The summed E-state index contributed by atoms with van der Waals surface area (Å²) >= 11 is 1.67. The summed E-state index contributed by atoms with van der Waals surface area (Å²) in [5.74, 6) is 2.01. The van der Waals surface area contributed by atoms with Crippen LogP contribution in [0.3, 0.4) is 0 Å². The number of ether oxygens (including phenoxy) is 1. The summed E-state index contributed by atoms with van der Waals surface area (Å²) in [5.41, 5.74) is 1.18. The Bertz CT molecular complexity index is 737. The SMILES string of the molecule is Cc1nc(Oc2cccnc2)c2c(C)c(C)sc2n1. The number of thiophene rings is 1. The minimum atomic E-state index is 0.609. The number of pyridine rings is 1. The molecule has 0 amide bonds. The second-order valence-corrected chi connectivity index (χ2v) is 5.53. The summed E-state index contributed by atoms with van der Waals surface area (Å²) in [6, 6.07) is 3.71. The third kappa shape index (κ3) is 2.17. The Morgan fingerprint density at radius 1 is 1.16 bits per heavy atom. The molecule has 0 aromatic carbocycles. The standard InChI is InChI=1S/C14H13N3OS/c1-8-9(2)19-14-12(8)13(16-10(3)17-14)18-11-5-4-6-15-7-11/h4-7H,1-3H3. The number of aryl methyl sites for hydroxylation is 3. The summed E-state index contributed by atoms with van der Waals surface area (Å²) in [5, 5.41) is 0.997. The smallest absolute Gasteiger partial charge is 0.231 e. The Morgan fingerprint density at radius 2 is 2.00 bits per heavy atom. The van der Waals surface area contributed by atoms with E-state index in [-0.39, 0.29) is 0 Å². The van der Waals surface area contributed by atoms with Crippen LogP contribution in [0.2, 0.25) is 0 Å². The van der Waals surface area contributed by atoms with Crippen LogP contribution in [0, 0.1) is 20.8 Å². The van der Waals surface area contributed by atoms with Gasteiger partial charge in [0.2, 0.25) is 5.88 Å². The lowest BCUT2D eigenvalue weighted by atomic mass is 10.2. The minimum absolute atomic E-state index is 0.609. The van der Waals surface area contributed by atoms with Crippen molar-refractivity contribution >= 4 is 21.6 Å². The third-order valence-electron chi connectivity index (χ3n) is 2.96. The maximum atomic E-state index is 5.86. The Morgan fingerprint density at radius 3 is 2.74 bits per heavy atom. The number of nitrogens with zero attached hydrogens (tertiary/aromatic N) is 3. The fourth-order valence-corrected chi connectivity index (χ4v) is 2.97. The number of fused-ring (bicyclic) bond motifs is 1. The third-order valence-corrected chi connectivity index (χ3v) is 4.06. The lowest BCUT2D eigenvalue weighted by Crippen LogP contribution is -1.94. The molecule has 5 heteroatoms. The number of hydrogen-bond donors (Lipinski definition) is 0. The molecule has 96 valence electrons. The zero-order valence-electron chi connectivity index (χ0n) is 11.0. The Balaban J connectivity index is 2.17. The van der Waals surface area contributed by atoms with E-state index in [1.165, 1.54) is 10.4 Å². The van der Waals surface area contributed by atoms with Gasteiger partial charge in [0.1, 0.15) is 16.4 Å². The Hall–Kier alpha value is -2.01. The van der Waals surface area contributed by atoms with Gasteiger partial charge in [-0.25, -0.2) is 4.98 Å². The highest BCUT2D eigenvalue weighted by Gasteiger charge is 2.15. The van der Waals surface area contributed by atoms with Gasteiger partial charge in [-0.2, -0.15) is 4.98 Å². The maximum Gasteiger partial charge on any atom is 0.231 e. The molecule has 0 aliphatic heterocycles. The molecule has 0 N–H and O–H groups in total. The van der Waals surface area contributed by atoms with Crippen LogP contribution < -0.4 is 4.74 Å². The fraction of sp³-hybridized carbons (Fsp3) is 0.214. The van der Waals surface area contributed by atoms with Crippen LogP contribution in [0.25, 0.3) is 10.2 Å². The van der Waals surface area contributed by atoms with Crippen molar-refractivity contribution in [3.63, 3.8) is 0 Å². The minimum Gasteiger partial charge on any atom is -0.437 e. The molecule has 3 rings (SSSR count). The normalized spacial score (nSPS) is 10.9. The Labute approximate surface area is 115 Å². The lowest BCUT2D eigenvalue weighted by molar-refractivity contribution is 0.464. The second-order valence-electron chi connectivity index (χ2n) is 4.33. The van der Waals surface area contributed by atoms with Crippen LogP contribution in [0.4, 0.5) is 0 Å². The Kier molecular flexibility index (Phi) is 2.91. The summed E-state index contributed by atoms with van der Waals surface area (Å²) in [6.07, 6.45) is 3.39. The van der Waals surface area contributed by atoms with Crippen molar-refractivity contribution in [1.82, 2.24) is 15.0 Å². The van der Waals surface area contributed by atoms with Gasteiger partial charge < -0.3 is 4.74 Å². The monoisotopic (exact) mass is 271 g/mol. The highest BCUT2D eigenvalue weighted by Crippen LogP contribution is 2.36. The molecule has 0 aliphatic carbocycles. The number of aromatic nitrogens is 3. The van der Waals surface area contributed by atoms with Crippen molar-refractivity contribution in [1.29, 1.82) is 0 Å². The highest BCUT2D eigenvalue weighted by atomic mass is 32.1. The second kappa shape index (κ2) is 4.59. The topological polar surface area (TPSA) is 47.9 Å². The van der Waals surface area contributed by atoms with Gasteiger partial charge in [-0.05, 0) is 38.5 Å². The van der Waals surface area contributed by atoms with Gasteiger partial charge in [0.05, 0.1) is 11.6 Å². The molecule has 3 aromatic rings. The van der Waals surface area contributed by atoms with Gasteiger partial charge in [0.15, 0.2) is 0 Å². The lowest BCUT2D eigenvalue weighted by Gasteiger charge is -2.06. The molecule has 0 bridgehead atoms. The molecule has 0 spiro atoms. The zero-order chi connectivity index (χ0) is 13.4. The van der Waals surface area contributed by atoms with E-state index in [1.807, 2.05) is 19.1 Å². The van der Waals surface area contributed by atoms with Crippen LogP contribution in [-0.2, 0) is 0 Å². The van der Waals surface area contributed by atoms with E-state index in [4.69, 9.17) is 4.74 Å². The van der Waals surface area contributed by atoms with Gasteiger partial charge in [-0.1, -0.05) is 0 Å². The van der Waals surface area contributed by atoms with Crippen molar-refractivity contribution in [3.8, 4) is 11.6 Å². The van der Waals surface area contributed by atoms with E-state index in [2.05, 4.69) is 28.8 Å². The first-order valence-electron chi connectivity index (χ1n) is 5.97. The molecule has 0 unspecified atom stereocenters. The van der Waals surface area contributed by atoms with Gasteiger partial charge in [-0.15, -0.1) is 11.3 Å². The predicted octanol–water partition coefficient (Wildman–Crippen LogP) is 3.80. The molecule has 3 aromatic heterocycles. The molecule has 0 radical (unpaired) electrons. The molecule has 0 saturated carbocycles. The van der Waals surface area contributed by atoms with Gasteiger partial charge in [-0.3, -0.25) is 4.98 Å². The van der Waals surface area contributed by atoms with Crippen molar-refractivity contribution in [2.75, 3.05) is 0 Å². The van der Waals surface area contributed by atoms with Gasteiger partial charge >= 0.3 is 0 Å². The van der Waals surface area contributed by atoms with Crippen molar-refractivity contribution in [3.05, 3.63) is 40.8 Å². The van der Waals surface area contributed by atoms with Crippen LogP contribution in [0.1, 0.15) is 16.3 Å². The van der Waals surface area contributed by atoms with E-state index in [0.29, 0.717) is 17.5 Å². The average molecular weight is 271 g/mol. The maximum absolute atomic E-state index is 5.86. The van der Waals surface area contributed by atoms with E-state index < -0.39 is 0 Å². The molecule has 0 fully saturated rings. The van der Waals surface area contributed by atoms with Gasteiger partial charge in [0.25, 0.3) is 0 Å². The molecule has 0 atom stereocenters. The molecular formula is C14H13N3OS. The zero-order valence-corrected chi connectivity index (χ0v) is 11.8. The van der Waals surface area contributed by atoms with E-state index >= 15 is 0 Å². The first-order valence-corrected chi connectivity index (χ1v) is 6.79. The molecule has 4 nitrogen and oxygen atoms in total. The summed E-state index contributed by atoms with van der Waals surface area (Å²) in [6.45, 7) is 6.04. The number of hydrogen-bond acceptors (Lipinski definition) is 5. The predicted molar refractivity (Wildman–Crippen MR) is 75.9 cm³/mol. The first-order chi connectivity index (χ1) is 9.15. The van der Waals surface area contributed by atoms with Crippen molar-refractivity contribution in [2.24, 2.45) is 0 Å². The first kappa shape index (κ1) is 12.0. The van der Waals surface area contributed by atoms with Crippen LogP contribution in [0.15, 0.2) is 24.5 Å². The van der Waals surface area contributed by atoms with E-state index in [9.17, 15) is 0 Å². The fourth-order valence-electron chi connectivity index (χ4n) is 1.91. The molecular weight excluding hydrogens is 258 g/mol. The van der Waals surface area contributed by atoms with Crippen LogP contribution >= 0.6 is 11.3 Å². The summed E-state index contributed by atoms with van der Waals surface area (Å²) < 4.78 is 5.86. The van der Waals surface area contributed by atoms with Crippen LogP contribution in [-0.4, -0.2) is 15.0 Å².